The summed E-state index contributed by atoms with van der Waals surface area (Å²) in [7, 11) is 1.63. The molecule has 0 radical (unpaired) electrons. The van der Waals surface area contributed by atoms with Crippen LogP contribution < -0.4 is 20.7 Å². The van der Waals surface area contributed by atoms with E-state index in [2.05, 4.69) is 25.9 Å². The summed E-state index contributed by atoms with van der Waals surface area (Å²) in [5.74, 6) is 1.47. The molecule has 0 aliphatic heterocycles. The van der Waals surface area contributed by atoms with Gasteiger partial charge in [-0.25, -0.2) is 14.8 Å². The lowest BCUT2D eigenvalue weighted by Gasteiger charge is -2.11. The molecule has 144 valence electrons. The molecule has 0 unspecified atom stereocenters. The summed E-state index contributed by atoms with van der Waals surface area (Å²) < 4.78 is 5.18. The van der Waals surface area contributed by atoms with Crippen molar-refractivity contribution >= 4 is 39.8 Å². The Labute approximate surface area is 167 Å². The third-order valence-corrected chi connectivity index (χ3v) is 4.28. The van der Waals surface area contributed by atoms with Gasteiger partial charge in [0.2, 0.25) is 0 Å². The first-order chi connectivity index (χ1) is 14.2. The highest BCUT2D eigenvalue weighted by Gasteiger charge is 2.08. The van der Waals surface area contributed by atoms with E-state index in [1.54, 1.807) is 13.2 Å². The fourth-order valence-electron chi connectivity index (χ4n) is 2.86. The van der Waals surface area contributed by atoms with Gasteiger partial charge in [0, 0.05) is 22.4 Å². The second-order valence-corrected chi connectivity index (χ2v) is 6.25. The number of carbonyl (C=O) groups excluding carboxylic acids is 1. The highest BCUT2D eigenvalue weighted by Crippen LogP contribution is 2.26. The first kappa shape index (κ1) is 18.2. The number of nitrogens with one attached hydrogen (secondary N) is 3. The Morgan fingerprint density at radius 3 is 2.31 bits per heavy atom. The van der Waals surface area contributed by atoms with E-state index in [-0.39, 0.29) is 6.03 Å². The topological polar surface area (TPSA) is 88.2 Å². The second kappa shape index (κ2) is 8.26. The van der Waals surface area contributed by atoms with Crippen molar-refractivity contribution in [3.63, 3.8) is 0 Å². The molecule has 7 nitrogen and oxygen atoms in total. The Balaban J connectivity index is 1.51. The van der Waals surface area contributed by atoms with Crippen LogP contribution in [0.15, 0.2) is 79.1 Å². The first-order valence-electron chi connectivity index (χ1n) is 9.00. The molecule has 0 spiro atoms. The number of hydrogen-bond acceptors (Lipinski definition) is 5. The largest absolute Gasteiger partial charge is 0.497 e. The zero-order chi connectivity index (χ0) is 20.1. The molecule has 0 atom stereocenters. The highest BCUT2D eigenvalue weighted by atomic mass is 16.5. The van der Waals surface area contributed by atoms with E-state index in [0.717, 1.165) is 22.5 Å². The minimum absolute atomic E-state index is 0.318. The molecule has 1 heterocycles. The molecular formula is C22H19N5O2. The Morgan fingerprint density at radius 1 is 0.828 bits per heavy atom. The van der Waals surface area contributed by atoms with Crippen LogP contribution in [0.4, 0.5) is 27.7 Å². The normalized spacial score (nSPS) is 10.4. The van der Waals surface area contributed by atoms with Crippen LogP contribution in [0.3, 0.4) is 0 Å². The Hall–Kier alpha value is -4.13. The number of anilines is 4. The summed E-state index contributed by atoms with van der Waals surface area (Å²) in [5, 5.41) is 9.74. The van der Waals surface area contributed by atoms with E-state index in [1.165, 1.54) is 6.33 Å². The Morgan fingerprint density at radius 2 is 1.55 bits per heavy atom. The fraction of sp³-hybridized carbons (Fsp3) is 0.0455. The predicted molar refractivity (Wildman–Crippen MR) is 115 cm³/mol. The molecule has 0 bridgehead atoms. The predicted octanol–water partition coefficient (Wildman–Crippen LogP) is 5.03. The van der Waals surface area contributed by atoms with Crippen molar-refractivity contribution in [2.75, 3.05) is 23.1 Å². The maximum atomic E-state index is 12.2. The van der Waals surface area contributed by atoms with E-state index in [4.69, 9.17) is 4.74 Å². The summed E-state index contributed by atoms with van der Waals surface area (Å²) in [4.78, 5) is 20.9. The molecule has 1 aromatic heterocycles. The van der Waals surface area contributed by atoms with Crippen molar-refractivity contribution in [1.82, 2.24) is 9.97 Å². The van der Waals surface area contributed by atoms with Crippen molar-refractivity contribution in [1.29, 1.82) is 0 Å². The van der Waals surface area contributed by atoms with Crippen LogP contribution in [0.25, 0.3) is 10.9 Å². The van der Waals surface area contributed by atoms with E-state index in [1.807, 2.05) is 66.7 Å². The molecule has 3 N–H and O–H groups in total. The first-order valence-corrected chi connectivity index (χ1v) is 9.00. The third kappa shape index (κ3) is 4.41. The minimum atomic E-state index is -0.318. The van der Waals surface area contributed by atoms with Gasteiger partial charge in [-0.05, 0) is 54.6 Å². The number of fused-ring (bicyclic) bond motifs is 1. The number of aromatic nitrogens is 2. The van der Waals surface area contributed by atoms with Crippen molar-refractivity contribution < 1.29 is 9.53 Å². The number of amides is 2. The van der Waals surface area contributed by atoms with E-state index < -0.39 is 0 Å². The molecule has 4 rings (SSSR count). The summed E-state index contributed by atoms with van der Waals surface area (Å²) in [5.41, 5.74) is 2.96. The van der Waals surface area contributed by atoms with Crippen molar-refractivity contribution in [2.45, 2.75) is 0 Å². The molecule has 0 aliphatic rings. The molecule has 7 heteroatoms. The van der Waals surface area contributed by atoms with Crippen molar-refractivity contribution in [3.8, 4) is 5.75 Å². The number of ether oxygens (including phenoxy) is 1. The quantitative estimate of drug-likeness (QED) is 0.449. The molecule has 0 fully saturated rings. The van der Waals surface area contributed by atoms with Crippen molar-refractivity contribution in [2.24, 2.45) is 0 Å². The van der Waals surface area contributed by atoms with Crippen LogP contribution in [-0.4, -0.2) is 23.1 Å². The molecule has 0 saturated heterocycles. The van der Waals surface area contributed by atoms with Crippen LogP contribution in [0.1, 0.15) is 0 Å². The van der Waals surface area contributed by atoms with Crippen LogP contribution >= 0.6 is 0 Å². The molecule has 0 aliphatic carbocycles. The number of urea groups is 1. The smallest absolute Gasteiger partial charge is 0.323 e. The molecule has 0 saturated carbocycles. The summed E-state index contributed by atoms with van der Waals surface area (Å²) in [6.07, 6.45) is 1.49. The maximum absolute atomic E-state index is 12.2. The molecule has 3 aromatic carbocycles. The van der Waals surface area contributed by atoms with E-state index in [0.29, 0.717) is 17.0 Å². The van der Waals surface area contributed by atoms with Gasteiger partial charge in [0.15, 0.2) is 0 Å². The van der Waals surface area contributed by atoms with Gasteiger partial charge in [-0.15, -0.1) is 0 Å². The van der Waals surface area contributed by atoms with E-state index >= 15 is 0 Å². The maximum Gasteiger partial charge on any atom is 0.323 e. The number of benzene rings is 3. The fourth-order valence-corrected chi connectivity index (χ4v) is 2.86. The lowest BCUT2D eigenvalue weighted by molar-refractivity contribution is 0.262. The van der Waals surface area contributed by atoms with Crippen LogP contribution in [0.5, 0.6) is 5.75 Å². The second-order valence-electron chi connectivity index (χ2n) is 6.25. The van der Waals surface area contributed by atoms with E-state index in [9.17, 15) is 4.79 Å². The summed E-state index contributed by atoms with van der Waals surface area (Å²) in [6, 6.07) is 22.0. The monoisotopic (exact) mass is 385 g/mol. The van der Waals surface area contributed by atoms with Gasteiger partial charge in [0.25, 0.3) is 0 Å². The average Bonchev–Trinajstić information content (AvgIpc) is 2.75. The molecule has 29 heavy (non-hydrogen) atoms. The highest BCUT2D eigenvalue weighted by molar-refractivity contribution is 6.01. The number of carbonyl (C=O) groups is 1. The number of rotatable bonds is 5. The zero-order valence-corrected chi connectivity index (χ0v) is 15.7. The van der Waals surface area contributed by atoms with Crippen LogP contribution in [0, 0.1) is 0 Å². The summed E-state index contributed by atoms with van der Waals surface area (Å²) in [6.45, 7) is 0. The molecular weight excluding hydrogens is 366 g/mol. The molecule has 4 aromatic rings. The lowest BCUT2D eigenvalue weighted by atomic mass is 10.2. The standard InChI is InChI=1S/C22H19N5O2/c1-29-18-10-7-16(8-11-18)25-21-19-12-9-17(13-20(19)23-14-24-21)27-22(28)26-15-5-3-2-4-6-15/h2-14H,1H3,(H,23,24,25)(H2,26,27,28). The molecule has 2 amide bonds. The zero-order valence-electron chi connectivity index (χ0n) is 15.7. The lowest BCUT2D eigenvalue weighted by Crippen LogP contribution is -2.19. The number of para-hydroxylation sites is 1. The van der Waals surface area contributed by atoms with Gasteiger partial charge in [0.05, 0.1) is 12.6 Å². The van der Waals surface area contributed by atoms with Crippen LogP contribution in [-0.2, 0) is 0 Å². The summed E-state index contributed by atoms with van der Waals surface area (Å²) >= 11 is 0. The number of nitrogens with zero attached hydrogens (tertiary/aromatic N) is 2. The van der Waals surface area contributed by atoms with Gasteiger partial charge < -0.3 is 20.7 Å². The van der Waals surface area contributed by atoms with Crippen LogP contribution in [0.2, 0.25) is 0 Å². The van der Waals surface area contributed by atoms with Gasteiger partial charge in [0.1, 0.15) is 17.9 Å². The van der Waals surface area contributed by atoms with Crippen molar-refractivity contribution in [3.05, 3.63) is 79.1 Å². The Kier molecular flexibility index (Phi) is 5.20. The third-order valence-electron chi connectivity index (χ3n) is 4.28. The SMILES string of the molecule is COc1ccc(Nc2ncnc3cc(NC(=O)Nc4ccccc4)ccc23)cc1. The Bertz CT molecular complexity index is 1130. The minimum Gasteiger partial charge on any atom is -0.497 e. The van der Waals surface area contributed by atoms with Gasteiger partial charge in [-0.3, -0.25) is 0 Å². The van der Waals surface area contributed by atoms with Gasteiger partial charge >= 0.3 is 6.03 Å². The number of hydrogen-bond donors (Lipinski definition) is 3. The number of methoxy groups -OCH3 is 1. The van der Waals surface area contributed by atoms with Gasteiger partial charge in [-0.1, -0.05) is 18.2 Å². The average molecular weight is 385 g/mol. The van der Waals surface area contributed by atoms with Gasteiger partial charge in [-0.2, -0.15) is 0 Å².